The van der Waals surface area contributed by atoms with E-state index in [1.165, 1.54) is 25.0 Å². The van der Waals surface area contributed by atoms with Gasteiger partial charge in [-0.3, -0.25) is 9.69 Å². The van der Waals surface area contributed by atoms with Gasteiger partial charge in [-0.15, -0.1) is 0 Å². The molecule has 1 saturated carbocycles. The Morgan fingerprint density at radius 3 is 2.73 bits per heavy atom. The summed E-state index contributed by atoms with van der Waals surface area (Å²) in [6.07, 6.45) is 4.98. The number of halogens is 1. The molecule has 2 saturated heterocycles. The van der Waals surface area contributed by atoms with Gasteiger partial charge in [-0.2, -0.15) is 0 Å². The van der Waals surface area contributed by atoms with Crippen LogP contribution in [0.2, 0.25) is 0 Å². The predicted octanol–water partition coefficient (Wildman–Crippen LogP) is 3.11. The molecule has 0 aromatic heterocycles. The monoisotopic (exact) mass is 360 g/mol. The maximum absolute atomic E-state index is 13.1. The first-order valence-electron chi connectivity index (χ1n) is 9.96. The van der Waals surface area contributed by atoms with Crippen molar-refractivity contribution in [2.75, 3.05) is 19.6 Å². The lowest BCUT2D eigenvalue weighted by Crippen LogP contribution is -2.51. The zero-order valence-corrected chi connectivity index (χ0v) is 15.5. The van der Waals surface area contributed by atoms with Crippen molar-refractivity contribution < 1.29 is 13.9 Å². The standard InChI is InChI=1S/C21H29FN2O2/c1-15-13-24(14-17-4-6-18(22)7-5-17)11-10-21(15)9-8-19(26-21)20(25)23-12-16-2-3-16/h4-7,15-16,19H,2-3,8-14H2,1H3,(H,23,25)/t15-,19?,21+/m0/s1. The quantitative estimate of drug-likeness (QED) is 0.877. The summed E-state index contributed by atoms with van der Waals surface area (Å²) in [6.45, 7) is 5.80. The molecule has 1 unspecified atom stereocenters. The maximum atomic E-state index is 13.1. The number of benzene rings is 1. The molecular weight excluding hydrogens is 331 g/mol. The molecule has 1 spiro atoms. The van der Waals surface area contributed by atoms with Gasteiger partial charge in [0.1, 0.15) is 11.9 Å². The molecule has 1 amide bonds. The topological polar surface area (TPSA) is 41.6 Å². The molecule has 3 atom stereocenters. The number of carbonyl (C=O) groups excluding carboxylic acids is 1. The molecule has 0 radical (unpaired) electrons. The Labute approximate surface area is 155 Å². The van der Waals surface area contributed by atoms with Crippen LogP contribution in [-0.4, -0.2) is 42.1 Å². The number of ether oxygens (including phenoxy) is 1. The van der Waals surface area contributed by atoms with Gasteiger partial charge in [0.15, 0.2) is 0 Å². The van der Waals surface area contributed by atoms with Crippen LogP contribution in [0.1, 0.15) is 44.6 Å². The summed E-state index contributed by atoms with van der Waals surface area (Å²) in [5.41, 5.74) is 0.986. The van der Waals surface area contributed by atoms with Gasteiger partial charge in [-0.25, -0.2) is 4.39 Å². The van der Waals surface area contributed by atoms with Crippen molar-refractivity contribution >= 4 is 5.91 Å². The van der Waals surface area contributed by atoms with Gasteiger partial charge in [0.05, 0.1) is 5.60 Å². The van der Waals surface area contributed by atoms with Crippen LogP contribution in [-0.2, 0) is 16.1 Å². The number of carbonyl (C=O) groups is 1. The minimum atomic E-state index is -0.278. The maximum Gasteiger partial charge on any atom is 0.249 e. The molecule has 5 heteroatoms. The zero-order valence-electron chi connectivity index (χ0n) is 15.5. The van der Waals surface area contributed by atoms with Gasteiger partial charge in [0.25, 0.3) is 0 Å². The molecule has 3 fully saturated rings. The Bertz CT molecular complexity index is 646. The third-order valence-electron chi connectivity index (χ3n) is 6.36. The van der Waals surface area contributed by atoms with Crippen molar-refractivity contribution in [1.29, 1.82) is 0 Å². The van der Waals surface area contributed by atoms with Gasteiger partial charge < -0.3 is 10.1 Å². The Balaban J connectivity index is 1.30. The normalized spacial score (nSPS) is 32.1. The summed E-state index contributed by atoms with van der Waals surface area (Å²) in [4.78, 5) is 14.8. The molecule has 0 bridgehead atoms. The number of piperidine rings is 1. The highest BCUT2D eigenvalue weighted by Crippen LogP contribution is 2.42. The van der Waals surface area contributed by atoms with E-state index in [1.54, 1.807) is 0 Å². The van der Waals surface area contributed by atoms with Crippen LogP contribution < -0.4 is 5.32 Å². The minimum absolute atomic E-state index is 0.0784. The van der Waals surface area contributed by atoms with Crippen LogP contribution in [0.5, 0.6) is 0 Å². The number of rotatable bonds is 5. The fourth-order valence-electron chi connectivity index (χ4n) is 4.42. The van der Waals surface area contributed by atoms with Crippen LogP contribution >= 0.6 is 0 Å². The van der Waals surface area contributed by atoms with Crippen LogP contribution in [0, 0.1) is 17.7 Å². The van der Waals surface area contributed by atoms with Gasteiger partial charge in [-0.05, 0) is 61.6 Å². The zero-order chi connectivity index (χ0) is 18.1. The van der Waals surface area contributed by atoms with Crippen LogP contribution in [0.25, 0.3) is 0 Å². The first kappa shape index (κ1) is 17.9. The average Bonchev–Trinajstić information content (AvgIpc) is 3.36. The molecule has 2 aliphatic heterocycles. The lowest BCUT2D eigenvalue weighted by Gasteiger charge is -2.44. The highest BCUT2D eigenvalue weighted by atomic mass is 19.1. The molecule has 2 heterocycles. The van der Waals surface area contributed by atoms with Gasteiger partial charge in [0, 0.05) is 26.2 Å². The van der Waals surface area contributed by atoms with E-state index >= 15 is 0 Å². The van der Waals surface area contributed by atoms with E-state index in [0.717, 1.165) is 51.0 Å². The molecule has 4 rings (SSSR count). The van der Waals surface area contributed by atoms with Crippen molar-refractivity contribution in [3.63, 3.8) is 0 Å². The average molecular weight is 360 g/mol. The van der Waals surface area contributed by atoms with Crippen LogP contribution in [0.4, 0.5) is 4.39 Å². The highest BCUT2D eigenvalue weighted by Gasteiger charge is 2.48. The first-order valence-corrected chi connectivity index (χ1v) is 9.96. The number of hydrogen-bond acceptors (Lipinski definition) is 3. The van der Waals surface area contributed by atoms with Crippen molar-refractivity contribution in [2.45, 2.75) is 57.3 Å². The first-order chi connectivity index (χ1) is 12.5. The van der Waals surface area contributed by atoms with Gasteiger partial charge in [0.2, 0.25) is 5.91 Å². The lowest BCUT2D eigenvalue weighted by atomic mass is 9.80. The summed E-state index contributed by atoms with van der Waals surface area (Å²) in [6, 6.07) is 6.76. The summed E-state index contributed by atoms with van der Waals surface area (Å²) in [7, 11) is 0. The molecule has 1 aliphatic carbocycles. The minimum Gasteiger partial charge on any atom is -0.362 e. The molecule has 26 heavy (non-hydrogen) atoms. The summed E-state index contributed by atoms with van der Waals surface area (Å²) >= 11 is 0. The fraction of sp³-hybridized carbons (Fsp3) is 0.667. The number of likely N-dealkylation sites (tertiary alicyclic amines) is 1. The molecule has 142 valence electrons. The van der Waals surface area contributed by atoms with Gasteiger partial charge in [-0.1, -0.05) is 19.1 Å². The van der Waals surface area contributed by atoms with Crippen LogP contribution in [0.15, 0.2) is 24.3 Å². The molecule has 3 aliphatic rings. The van der Waals surface area contributed by atoms with E-state index in [2.05, 4.69) is 17.1 Å². The number of nitrogens with one attached hydrogen (secondary N) is 1. The van der Waals surface area contributed by atoms with Crippen molar-refractivity contribution in [3.8, 4) is 0 Å². The second kappa shape index (κ2) is 7.28. The molecule has 1 aromatic carbocycles. The van der Waals surface area contributed by atoms with Crippen molar-refractivity contribution in [2.24, 2.45) is 11.8 Å². The molecule has 1 aromatic rings. The van der Waals surface area contributed by atoms with E-state index in [0.29, 0.717) is 11.8 Å². The third kappa shape index (κ3) is 3.94. The second-order valence-electron chi connectivity index (χ2n) is 8.41. The van der Waals surface area contributed by atoms with Crippen molar-refractivity contribution in [3.05, 3.63) is 35.6 Å². The van der Waals surface area contributed by atoms with E-state index in [9.17, 15) is 9.18 Å². The summed E-state index contributed by atoms with van der Waals surface area (Å²) in [5, 5.41) is 3.06. The summed E-state index contributed by atoms with van der Waals surface area (Å²) in [5.74, 6) is 0.973. The highest BCUT2D eigenvalue weighted by molar-refractivity contribution is 5.81. The molecular formula is C21H29FN2O2. The second-order valence-corrected chi connectivity index (χ2v) is 8.41. The van der Waals surface area contributed by atoms with Crippen LogP contribution in [0.3, 0.4) is 0 Å². The predicted molar refractivity (Wildman–Crippen MR) is 98.0 cm³/mol. The van der Waals surface area contributed by atoms with Crippen molar-refractivity contribution in [1.82, 2.24) is 10.2 Å². The van der Waals surface area contributed by atoms with Gasteiger partial charge >= 0.3 is 0 Å². The van der Waals surface area contributed by atoms with E-state index in [4.69, 9.17) is 4.74 Å². The fourth-order valence-corrected chi connectivity index (χ4v) is 4.42. The Morgan fingerprint density at radius 2 is 2.04 bits per heavy atom. The Hall–Kier alpha value is -1.46. The van der Waals surface area contributed by atoms with E-state index in [-0.39, 0.29) is 23.4 Å². The molecule has 1 N–H and O–H groups in total. The SMILES string of the molecule is C[C@H]1CN(Cc2ccc(F)cc2)CC[C@]12CCC(C(=O)NCC1CC1)O2. The number of amides is 1. The smallest absolute Gasteiger partial charge is 0.249 e. The third-order valence-corrected chi connectivity index (χ3v) is 6.36. The Morgan fingerprint density at radius 1 is 1.27 bits per heavy atom. The lowest BCUT2D eigenvalue weighted by molar-refractivity contribution is -0.147. The summed E-state index contributed by atoms with van der Waals surface area (Å²) < 4.78 is 19.4. The van der Waals surface area contributed by atoms with E-state index in [1.807, 2.05) is 12.1 Å². The molecule has 4 nitrogen and oxygen atoms in total. The van der Waals surface area contributed by atoms with E-state index < -0.39 is 0 Å². The largest absolute Gasteiger partial charge is 0.362 e. The number of nitrogens with zero attached hydrogens (tertiary/aromatic N) is 1. The number of hydrogen-bond donors (Lipinski definition) is 1. The Kier molecular flexibility index (Phi) is 5.02.